The summed E-state index contributed by atoms with van der Waals surface area (Å²) in [5.74, 6) is 0.794. The Morgan fingerprint density at radius 1 is 1.32 bits per heavy atom. The Morgan fingerprint density at radius 2 is 2.16 bits per heavy atom. The second-order valence-corrected chi connectivity index (χ2v) is 4.74. The van der Waals surface area contributed by atoms with E-state index in [1.54, 1.807) is 0 Å². The Hall–Kier alpha value is -1.55. The molecule has 104 valence electrons. The number of ether oxygens (including phenoxy) is 1. The van der Waals surface area contributed by atoms with Crippen molar-refractivity contribution in [3.63, 3.8) is 0 Å². The number of hydrogen-bond acceptors (Lipinski definition) is 3. The molecular formula is C15H22N2O2. The molecule has 0 unspecified atom stereocenters. The number of rotatable bonds is 6. The zero-order valence-corrected chi connectivity index (χ0v) is 11.5. The maximum atomic E-state index is 12.4. The molecule has 1 aliphatic heterocycles. The number of hydrogen-bond donors (Lipinski definition) is 1. The van der Waals surface area contributed by atoms with E-state index < -0.39 is 0 Å². The fourth-order valence-electron chi connectivity index (χ4n) is 2.22. The highest BCUT2D eigenvalue weighted by Gasteiger charge is 2.22. The van der Waals surface area contributed by atoms with E-state index >= 15 is 0 Å². The van der Waals surface area contributed by atoms with E-state index in [0.29, 0.717) is 24.5 Å². The maximum absolute atomic E-state index is 12.4. The first kappa shape index (κ1) is 13.9. The smallest absolute Gasteiger partial charge is 0.257 e. The van der Waals surface area contributed by atoms with E-state index in [4.69, 9.17) is 4.74 Å². The van der Waals surface area contributed by atoms with Gasteiger partial charge in [0, 0.05) is 6.54 Å². The third-order valence-electron chi connectivity index (χ3n) is 3.23. The molecule has 0 radical (unpaired) electrons. The second kappa shape index (κ2) is 7.14. The monoisotopic (exact) mass is 262 g/mol. The zero-order chi connectivity index (χ0) is 13.5. The quantitative estimate of drug-likeness (QED) is 0.796. The largest absolute Gasteiger partial charge is 0.491 e. The van der Waals surface area contributed by atoms with Crippen LogP contribution in [0.5, 0.6) is 5.75 Å². The van der Waals surface area contributed by atoms with Gasteiger partial charge in [0.1, 0.15) is 12.4 Å². The van der Waals surface area contributed by atoms with Crippen molar-refractivity contribution in [2.24, 2.45) is 0 Å². The van der Waals surface area contributed by atoms with Crippen molar-refractivity contribution < 1.29 is 9.53 Å². The first-order valence-electron chi connectivity index (χ1n) is 7.04. The van der Waals surface area contributed by atoms with Crippen molar-refractivity contribution in [2.45, 2.75) is 19.8 Å². The highest BCUT2D eigenvalue weighted by Crippen LogP contribution is 2.22. The lowest BCUT2D eigenvalue weighted by molar-refractivity contribution is 0.0754. The number of para-hydroxylation sites is 1. The number of nitrogens with one attached hydrogen (secondary N) is 1. The molecule has 1 aromatic carbocycles. The predicted molar refractivity (Wildman–Crippen MR) is 75.6 cm³/mol. The molecule has 4 nitrogen and oxygen atoms in total. The van der Waals surface area contributed by atoms with E-state index in [0.717, 1.165) is 32.5 Å². The van der Waals surface area contributed by atoms with E-state index in [-0.39, 0.29) is 5.91 Å². The third-order valence-corrected chi connectivity index (χ3v) is 3.23. The van der Waals surface area contributed by atoms with Gasteiger partial charge in [0.15, 0.2) is 0 Å². The van der Waals surface area contributed by atoms with Gasteiger partial charge in [-0.1, -0.05) is 19.1 Å². The van der Waals surface area contributed by atoms with Gasteiger partial charge >= 0.3 is 0 Å². The highest BCUT2D eigenvalue weighted by molar-refractivity contribution is 5.97. The predicted octanol–water partition coefficient (Wildman–Crippen LogP) is 1.91. The molecule has 0 atom stereocenters. The van der Waals surface area contributed by atoms with Gasteiger partial charge in [0.05, 0.1) is 12.1 Å². The summed E-state index contributed by atoms with van der Waals surface area (Å²) in [6.45, 7) is 6.18. The molecule has 1 heterocycles. The van der Waals surface area contributed by atoms with Gasteiger partial charge in [-0.25, -0.2) is 0 Å². The minimum atomic E-state index is 0.0867. The van der Waals surface area contributed by atoms with Crippen molar-refractivity contribution in [3.8, 4) is 5.75 Å². The van der Waals surface area contributed by atoms with E-state index in [9.17, 15) is 4.79 Å². The summed E-state index contributed by atoms with van der Waals surface area (Å²) in [5, 5.41) is 3.36. The average molecular weight is 262 g/mol. The van der Waals surface area contributed by atoms with Crippen LogP contribution in [0.4, 0.5) is 0 Å². The van der Waals surface area contributed by atoms with Gasteiger partial charge in [0.2, 0.25) is 0 Å². The molecule has 19 heavy (non-hydrogen) atoms. The fourth-order valence-corrected chi connectivity index (χ4v) is 2.22. The Labute approximate surface area is 114 Å². The summed E-state index contributed by atoms with van der Waals surface area (Å²) in [5.41, 5.74) is 0.682. The summed E-state index contributed by atoms with van der Waals surface area (Å²) in [4.78, 5) is 14.3. The van der Waals surface area contributed by atoms with Gasteiger partial charge in [-0.3, -0.25) is 4.79 Å². The minimum Gasteiger partial charge on any atom is -0.491 e. The molecule has 0 spiro atoms. The highest BCUT2D eigenvalue weighted by atomic mass is 16.5. The molecule has 0 aliphatic carbocycles. The number of carbonyl (C=O) groups excluding carboxylic acids is 1. The maximum Gasteiger partial charge on any atom is 0.257 e. The van der Waals surface area contributed by atoms with Crippen LogP contribution in [0.15, 0.2) is 24.3 Å². The van der Waals surface area contributed by atoms with Crippen LogP contribution in [0.25, 0.3) is 0 Å². The molecule has 1 aliphatic rings. The van der Waals surface area contributed by atoms with Crippen LogP contribution >= 0.6 is 0 Å². The zero-order valence-electron chi connectivity index (χ0n) is 11.5. The van der Waals surface area contributed by atoms with Gasteiger partial charge in [-0.05, 0) is 38.1 Å². The summed E-state index contributed by atoms with van der Waals surface area (Å²) < 4.78 is 5.62. The van der Waals surface area contributed by atoms with E-state index in [1.165, 1.54) is 0 Å². The van der Waals surface area contributed by atoms with E-state index in [1.807, 2.05) is 29.2 Å². The third kappa shape index (κ3) is 3.70. The standard InChI is InChI=1S/C15H22N2O2/c1-2-8-16-9-5-10-17-11-12-19-14-7-4-3-6-13(14)15(17)18/h3-4,6-7,16H,2,5,8-12H2,1H3. The van der Waals surface area contributed by atoms with Crippen molar-refractivity contribution >= 4 is 5.91 Å². The van der Waals surface area contributed by atoms with Crippen LogP contribution in [-0.2, 0) is 0 Å². The lowest BCUT2D eigenvalue weighted by atomic mass is 10.2. The second-order valence-electron chi connectivity index (χ2n) is 4.74. The Bertz CT molecular complexity index is 420. The Balaban J connectivity index is 1.90. The normalized spacial score (nSPS) is 14.8. The molecular weight excluding hydrogens is 240 g/mol. The SMILES string of the molecule is CCCNCCCN1CCOc2ccccc2C1=O. The van der Waals surface area contributed by atoms with Crippen LogP contribution in [-0.4, -0.2) is 43.6 Å². The lowest BCUT2D eigenvalue weighted by Gasteiger charge is -2.19. The molecule has 1 aromatic rings. The Kier molecular flexibility index (Phi) is 5.21. The number of fused-ring (bicyclic) bond motifs is 1. The Morgan fingerprint density at radius 3 is 3.00 bits per heavy atom. The molecule has 0 saturated carbocycles. The van der Waals surface area contributed by atoms with Crippen molar-refractivity contribution in [3.05, 3.63) is 29.8 Å². The van der Waals surface area contributed by atoms with E-state index in [2.05, 4.69) is 12.2 Å². The molecule has 0 aromatic heterocycles. The molecule has 0 bridgehead atoms. The number of carbonyl (C=O) groups is 1. The summed E-state index contributed by atoms with van der Waals surface area (Å²) in [6.07, 6.45) is 2.12. The molecule has 1 amide bonds. The summed E-state index contributed by atoms with van der Waals surface area (Å²) in [7, 11) is 0. The van der Waals surface area contributed by atoms with Crippen LogP contribution in [0, 0.1) is 0 Å². The summed E-state index contributed by atoms with van der Waals surface area (Å²) in [6, 6.07) is 7.48. The molecule has 4 heteroatoms. The van der Waals surface area contributed by atoms with Crippen molar-refractivity contribution in [1.29, 1.82) is 0 Å². The summed E-state index contributed by atoms with van der Waals surface area (Å²) >= 11 is 0. The van der Waals surface area contributed by atoms with Crippen LogP contribution in [0.1, 0.15) is 30.1 Å². The molecule has 0 fully saturated rings. The first-order chi connectivity index (χ1) is 9.33. The first-order valence-corrected chi connectivity index (χ1v) is 7.04. The van der Waals surface area contributed by atoms with Gasteiger partial charge < -0.3 is 15.0 Å². The average Bonchev–Trinajstić information content (AvgIpc) is 2.59. The number of amides is 1. The van der Waals surface area contributed by atoms with Gasteiger partial charge in [0.25, 0.3) is 5.91 Å². The fraction of sp³-hybridized carbons (Fsp3) is 0.533. The van der Waals surface area contributed by atoms with Crippen LogP contribution in [0.3, 0.4) is 0 Å². The lowest BCUT2D eigenvalue weighted by Crippen LogP contribution is -2.34. The molecule has 0 saturated heterocycles. The van der Waals surface area contributed by atoms with Gasteiger partial charge in [-0.2, -0.15) is 0 Å². The minimum absolute atomic E-state index is 0.0867. The van der Waals surface area contributed by atoms with Gasteiger partial charge in [-0.15, -0.1) is 0 Å². The number of benzene rings is 1. The van der Waals surface area contributed by atoms with Crippen LogP contribution < -0.4 is 10.1 Å². The molecule has 1 N–H and O–H groups in total. The number of nitrogens with zero attached hydrogens (tertiary/aromatic N) is 1. The van der Waals surface area contributed by atoms with Crippen molar-refractivity contribution in [2.75, 3.05) is 32.8 Å². The van der Waals surface area contributed by atoms with Crippen molar-refractivity contribution in [1.82, 2.24) is 10.2 Å². The van der Waals surface area contributed by atoms with Crippen LogP contribution in [0.2, 0.25) is 0 Å². The topological polar surface area (TPSA) is 41.6 Å². The molecule has 2 rings (SSSR count).